The Morgan fingerprint density at radius 3 is 2.68 bits per heavy atom. The predicted octanol–water partition coefficient (Wildman–Crippen LogP) is 6.85. The van der Waals surface area contributed by atoms with Crippen molar-refractivity contribution in [3.05, 3.63) is 81.3 Å². The summed E-state index contributed by atoms with van der Waals surface area (Å²) < 4.78 is 12.8. The topological polar surface area (TPSA) is 55.1 Å². The first-order valence-corrected chi connectivity index (χ1v) is 9.83. The number of fused-ring (bicyclic) bond motifs is 1. The highest BCUT2D eigenvalue weighted by atomic mass is 35.5. The minimum Gasteiger partial charge on any atom is -0.486 e. The molecule has 28 heavy (non-hydrogen) atoms. The van der Waals surface area contributed by atoms with Gasteiger partial charge in [-0.15, -0.1) is 11.3 Å². The standard InChI is InChI=1S/C21H12Cl2N2O2S/c22-14-7-13(11-24)8-16(9-14)27-19-10-15(5-6-17(19)23)26-12-21-25-18-3-1-2-4-20(18)28-21/h1-10H,12H2. The van der Waals surface area contributed by atoms with Crippen LogP contribution in [0.5, 0.6) is 17.2 Å². The zero-order valence-electron chi connectivity index (χ0n) is 14.4. The molecule has 4 nitrogen and oxygen atoms in total. The number of nitriles is 1. The van der Waals surface area contributed by atoms with E-state index in [-0.39, 0.29) is 0 Å². The molecule has 0 aliphatic rings. The first-order valence-electron chi connectivity index (χ1n) is 8.26. The molecule has 0 unspecified atom stereocenters. The summed E-state index contributed by atoms with van der Waals surface area (Å²) in [6, 6.07) is 19.9. The first-order chi connectivity index (χ1) is 13.6. The number of benzene rings is 3. The van der Waals surface area contributed by atoms with Gasteiger partial charge in [-0.25, -0.2) is 4.98 Å². The Bertz CT molecular complexity index is 1170. The fourth-order valence-corrected chi connectivity index (χ4v) is 3.85. The molecule has 4 aromatic rings. The van der Waals surface area contributed by atoms with E-state index >= 15 is 0 Å². The molecule has 7 heteroatoms. The summed E-state index contributed by atoms with van der Waals surface area (Å²) in [4.78, 5) is 4.56. The average Bonchev–Trinajstić information content (AvgIpc) is 3.11. The number of halogens is 2. The molecule has 0 fully saturated rings. The number of aromatic nitrogens is 1. The Morgan fingerprint density at radius 1 is 1.00 bits per heavy atom. The van der Waals surface area contributed by atoms with E-state index in [2.05, 4.69) is 4.98 Å². The van der Waals surface area contributed by atoms with Gasteiger partial charge in [0.2, 0.25) is 0 Å². The van der Waals surface area contributed by atoms with Gasteiger partial charge in [0.25, 0.3) is 0 Å². The SMILES string of the molecule is N#Cc1cc(Cl)cc(Oc2cc(OCc3nc4ccccc4s3)ccc2Cl)c1. The van der Waals surface area contributed by atoms with Crippen molar-refractivity contribution in [2.75, 3.05) is 0 Å². The highest BCUT2D eigenvalue weighted by molar-refractivity contribution is 7.18. The van der Waals surface area contributed by atoms with Gasteiger partial charge in [0, 0.05) is 11.1 Å². The monoisotopic (exact) mass is 426 g/mol. The number of nitrogens with zero attached hydrogens (tertiary/aromatic N) is 2. The van der Waals surface area contributed by atoms with Gasteiger partial charge in [-0.05, 0) is 42.5 Å². The maximum atomic E-state index is 9.07. The van der Waals surface area contributed by atoms with E-state index in [1.165, 1.54) is 0 Å². The molecule has 0 N–H and O–H groups in total. The third-order valence-electron chi connectivity index (χ3n) is 3.83. The van der Waals surface area contributed by atoms with Crippen molar-refractivity contribution in [2.45, 2.75) is 6.61 Å². The van der Waals surface area contributed by atoms with Gasteiger partial charge in [-0.3, -0.25) is 0 Å². The van der Waals surface area contributed by atoms with Gasteiger partial charge in [0.05, 0.1) is 26.9 Å². The average molecular weight is 427 g/mol. The maximum Gasteiger partial charge on any atom is 0.149 e. The molecular weight excluding hydrogens is 415 g/mol. The van der Waals surface area contributed by atoms with E-state index in [9.17, 15) is 0 Å². The van der Waals surface area contributed by atoms with Gasteiger partial charge < -0.3 is 9.47 Å². The van der Waals surface area contributed by atoms with Crippen molar-refractivity contribution < 1.29 is 9.47 Å². The Labute approximate surface area is 175 Å². The summed E-state index contributed by atoms with van der Waals surface area (Å²) in [6.07, 6.45) is 0. The zero-order chi connectivity index (χ0) is 19.5. The van der Waals surface area contributed by atoms with Crippen molar-refractivity contribution in [3.63, 3.8) is 0 Å². The van der Waals surface area contributed by atoms with Crippen LogP contribution in [0, 0.1) is 11.3 Å². The van der Waals surface area contributed by atoms with Crippen molar-refractivity contribution in [2.24, 2.45) is 0 Å². The van der Waals surface area contributed by atoms with Gasteiger partial charge in [0.1, 0.15) is 28.9 Å². The zero-order valence-corrected chi connectivity index (χ0v) is 16.7. The van der Waals surface area contributed by atoms with E-state index in [0.717, 1.165) is 15.2 Å². The fourth-order valence-electron chi connectivity index (χ4n) is 2.59. The van der Waals surface area contributed by atoms with Crippen molar-refractivity contribution in [1.82, 2.24) is 4.98 Å². The van der Waals surface area contributed by atoms with Gasteiger partial charge in [0.15, 0.2) is 0 Å². The van der Waals surface area contributed by atoms with E-state index in [0.29, 0.717) is 39.5 Å². The second-order valence-corrected chi connectivity index (χ2v) is 7.80. The molecule has 0 spiro atoms. The maximum absolute atomic E-state index is 9.07. The molecule has 0 saturated carbocycles. The molecule has 1 heterocycles. The largest absolute Gasteiger partial charge is 0.486 e. The fraction of sp³-hybridized carbons (Fsp3) is 0.0476. The first kappa shape index (κ1) is 18.6. The number of ether oxygens (including phenoxy) is 2. The number of hydrogen-bond donors (Lipinski definition) is 0. The lowest BCUT2D eigenvalue weighted by molar-refractivity contribution is 0.304. The van der Waals surface area contributed by atoms with E-state index in [4.69, 9.17) is 37.9 Å². The van der Waals surface area contributed by atoms with Crippen LogP contribution in [-0.2, 0) is 6.61 Å². The lowest BCUT2D eigenvalue weighted by Crippen LogP contribution is -1.95. The van der Waals surface area contributed by atoms with Crippen LogP contribution in [0.1, 0.15) is 10.6 Å². The number of rotatable bonds is 5. The second kappa shape index (κ2) is 8.07. The number of hydrogen-bond acceptors (Lipinski definition) is 5. The summed E-state index contributed by atoms with van der Waals surface area (Å²) in [7, 11) is 0. The van der Waals surface area contributed by atoms with E-state index < -0.39 is 0 Å². The number of para-hydroxylation sites is 1. The lowest BCUT2D eigenvalue weighted by atomic mass is 10.2. The van der Waals surface area contributed by atoms with Crippen LogP contribution in [0.2, 0.25) is 10.0 Å². The van der Waals surface area contributed by atoms with Crippen LogP contribution in [0.4, 0.5) is 0 Å². The van der Waals surface area contributed by atoms with Crippen LogP contribution in [-0.4, -0.2) is 4.98 Å². The predicted molar refractivity (Wildman–Crippen MR) is 112 cm³/mol. The Balaban J connectivity index is 1.52. The van der Waals surface area contributed by atoms with Crippen molar-refractivity contribution >= 4 is 44.8 Å². The summed E-state index contributed by atoms with van der Waals surface area (Å²) >= 11 is 13.9. The molecule has 0 saturated heterocycles. The van der Waals surface area contributed by atoms with Gasteiger partial charge in [-0.1, -0.05) is 35.3 Å². The van der Waals surface area contributed by atoms with Crippen molar-refractivity contribution in [1.29, 1.82) is 5.26 Å². The second-order valence-electron chi connectivity index (χ2n) is 5.85. The smallest absolute Gasteiger partial charge is 0.149 e. The third-order valence-corrected chi connectivity index (χ3v) is 5.37. The van der Waals surface area contributed by atoms with Gasteiger partial charge in [-0.2, -0.15) is 5.26 Å². The van der Waals surface area contributed by atoms with Gasteiger partial charge >= 0.3 is 0 Å². The molecule has 0 aliphatic heterocycles. The summed E-state index contributed by atoms with van der Waals surface area (Å²) in [5, 5.41) is 10.8. The van der Waals surface area contributed by atoms with Crippen LogP contribution in [0.15, 0.2) is 60.7 Å². The molecule has 138 valence electrons. The molecular formula is C21H12Cl2N2O2S. The van der Waals surface area contributed by atoms with Crippen LogP contribution >= 0.6 is 34.5 Å². The molecule has 3 aromatic carbocycles. The summed E-state index contributed by atoms with van der Waals surface area (Å²) in [5.41, 5.74) is 1.36. The molecule has 0 amide bonds. The van der Waals surface area contributed by atoms with Crippen LogP contribution in [0.3, 0.4) is 0 Å². The molecule has 1 aromatic heterocycles. The van der Waals surface area contributed by atoms with Crippen LogP contribution < -0.4 is 9.47 Å². The quantitative estimate of drug-likeness (QED) is 0.350. The molecule has 0 radical (unpaired) electrons. The van der Waals surface area contributed by atoms with Crippen LogP contribution in [0.25, 0.3) is 10.2 Å². The van der Waals surface area contributed by atoms with E-state index in [1.807, 2.05) is 30.3 Å². The molecule has 0 bridgehead atoms. The van der Waals surface area contributed by atoms with Crippen molar-refractivity contribution in [3.8, 4) is 23.3 Å². The minimum absolute atomic E-state index is 0.343. The Kier molecular flexibility index (Phi) is 5.36. The minimum atomic E-state index is 0.343. The van der Waals surface area contributed by atoms with E-state index in [1.54, 1.807) is 47.7 Å². The highest BCUT2D eigenvalue weighted by Crippen LogP contribution is 2.34. The molecule has 4 rings (SSSR count). The Morgan fingerprint density at radius 2 is 1.86 bits per heavy atom. The highest BCUT2D eigenvalue weighted by Gasteiger charge is 2.09. The molecule has 0 atom stereocenters. The summed E-state index contributed by atoms with van der Waals surface area (Å²) in [6.45, 7) is 0.343. The summed E-state index contributed by atoms with van der Waals surface area (Å²) in [5.74, 6) is 1.44. The molecule has 0 aliphatic carbocycles. The normalized spacial score (nSPS) is 10.6. The Hall–Kier alpha value is -2.78. The third kappa shape index (κ3) is 4.20. The number of thiazole rings is 1. The lowest BCUT2D eigenvalue weighted by Gasteiger charge is -2.11.